The van der Waals surface area contributed by atoms with Gasteiger partial charge in [-0.05, 0) is 28.1 Å². The standard InChI is InChI=1S/C12H14BrClN4/c1-8(2)15-6-9-7-18(17-16-9)11-5-3-4-10(14)12(11)13/h3-5,7-8,15H,6H2,1-2H3. The van der Waals surface area contributed by atoms with E-state index in [0.717, 1.165) is 15.9 Å². The second kappa shape index (κ2) is 5.82. The van der Waals surface area contributed by atoms with Crippen molar-refractivity contribution in [3.63, 3.8) is 0 Å². The van der Waals surface area contributed by atoms with Crippen LogP contribution in [0.2, 0.25) is 5.02 Å². The third-order valence-corrected chi connectivity index (χ3v) is 3.79. The van der Waals surface area contributed by atoms with Gasteiger partial charge in [-0.1, -0.05) is 36.7 Å². The van der Waals surface area contributed by atoms with Crippen molar-refractivity contribution in [2.75, 3.05) is 0 Å². The van der Waals surface area contributed by atoms with Crippen LogP contribution >= 0.6 is 27.5 Å². The Morgan fingerprint density at radius 1 is 1.44 bits per heavy atom. The number of hydrogen-bond acceptors (Lipinski definition) is 3. The van der Waals surface area contributed by atoms with Crippen molar-refractivity contribution in [3.8, 4) is 5.69 Å². The van der Waals surface area contributed by atoms with E-state index in [4.69, 9.17) is 11.6 Å². The van der Waals surface area contributed by atoms with Gasteiger partial charge < -0.3 is 5.32 Å². The summed E-state index contributed by atoms with van der Waals surface area (Å²) in [5.41, 5.74) is 1.78. The van der Waals surface area contributed by atoms with E-state index in [1.807, 2.05) is 24.4 Å². The maximum absolute atomic E-state index is 6.05. The van der Waals surface area contributed by atoms with Gasteiger partial charge in [0, 0.05) is 12.6 Å². The molecule has 2 aromatic rings. The van der Waals surface area contributed by atoms with Gasteiger partial charge in [0.1, 0.15) is 0 Å². The quantitative estimate of drug-likeness (QED) is 0.937. The summed E-state index contributed by atoms with van der Waals surface area (Å²) < 4.78 is 2.53. The monoisotopic (exact) mass is 328 g/mol. The summed E-state index contributed by atoms with van der Waals surface area (Å²) in [5.74, 6) is 0. The smallest absolute Gasteiger partial charge is 0.0969 e. The zero-order chi connectivity index (χ0) is 13.1. The highest BCUT2D eigenvalue weighted by atomic mass is 79.9. The molecule has 4 nitrogen and oxygen atoms in total. The molecule has 1 aromatic heterocycles. The van der Waals surface area contributed by atoms with E-state index >= 15 is 0 Å². The van der Waals surface area contributed by atoms with Crippen LogP contribution in [-0.4, -0.2) is 21.0 Å². The van der Waals surface area contributed by atoms with Gasteiger partial charge in [-0.15, -0.1) is 5.10 Å². The maximum atomic E-state index is 6.05. The normalized spacial score (nSPS) is 11.2. The molecule has 0 aliphatic carbocycles. The first-order valence-electron chi connectivity index (χ1n) is 5.67. The first kappa shape index (κ1) is 13.5. The maximum Gasteiger partial charge on any atom is 0.0969 e. The van der Waals surface area contributed by atoms with Crippen molar-refractivity contribution in [1.82, 2.24) is 20.3 Å². The molecule has 0 saturated heterocycles. The molecule has 1 N–H and O–H groups in total. The van der Waals surface area contributed by atoms with Crippen molar-refractivity contribution in [1.29, 1.82) is 0 Å². The van der Waals surface area contributed by atoms with Gasteiger partial charge in [-0.25, -0.2) is 4.68 Å². The molecule has 0 atom stereocenters. The lowest BCUT2D eigenvalue weighted by Gasteiger charge is -2.05. The fraction of sp³-hybridized carbons (Fsp3) is 0.333. The number of aromatic nitrogens is 3. The van der Waals surface area contributed by atoms with E-state index in [9.17, 15) is 0 Å². The van der Waals surface area contributed by atoms with Gasteiger partial charge >= 0.3 is 0 Å². The lowest BCUT2D eigenvalue weighted by molar-refractivity contribution is 0.580. The zero-order valence-electron chi connectivity index (χ0n) is 10.2. The van der Waals surface area contributed by atoms with Gasteiger partial charge in [0.25, 0.3) is 0 Å². The van der Waals surface area contributed by atoms with Crippen molar-refractivity contribution in [2.45, 2.75) is 26.4 Å². The Balaban J connectivity index is 2.21. The number of rotatable bonds is 4. The van der Waals surface area contributed by atoms with E-state index in [0.29, 0.717) is 17.6 Å². The fourth-order valence-electron chi connectivity index (χ4n) is 1.48. The van der Waals surface area contributed by atoms with Crippen LogP contribution in [0.5, 0.6) is 0 Å². The molecular formula is C12H14BrClN4. The van der Waals surface area contributed by atoms with Gasteiger partial charge in [0.2, 0.25) is 0 Å². The van der Waals surface area contributed by atoms with E-state index in [1.54, 1.807) is 4.68 Å². The van der Waals surface area contributed by atoms with Crippen LogP contribution in [0.4, 0.5) is 0 Å². The number of halogens is 2. The topological polar surface area (TPSA) is 42.7 Å². The Kier molecular flexibility index (Phi) is 4.37. The molecule has 96 valence electrons. The molecule has 0 amide bonds. The SMILES string of the molecule is CC(C)NCc1cn(-c2cccc(Cl)c2Br)nn1. The minimum absolute atomic E-state index is 0.424. The Hall–Kier alpha value is -0.910. The molecule has 0 radical (unpaired) electrons. The van der Waals surface area contributed by atoms with E-state index in [2.05, 4.69) is 45.4 Å². The molecule has 0 unspecified atom stereocenters. The second-order valence-corrected chi connectivity index (χ2v) is 5.46. The minimum atomic E-state index is 0.424. The molecule has 1 heterocycles. The van der Waals surface area contributed by atoms with Crippen molar-refractivity contribution >= 4 is 27.5 Å². The minimum Gasteiger partial charge on any atom is -0.309 e. The first-order valence-corrected chi connectivity index (χ1v) is 6.84. The van der Waals surface area contributed by atoms with Crippen molar-refractivity contribution in [3.05, 3.63) is 39.6 Å². The highest BCUT2D eigenvalue weighted by Crippen LogP contribution is 2.28. The third-order valence-electron chi connectivity index (χ3n) is 2.41. The predicted octanol–water partition coefficient (Wildman–Crippen LogP) is 3.18. The molecule has 0 fully saturated rings. The summed E-state index contributed by atoms with van der Waals surface area (Å²) in [6.45, 7) is 4.89. The number of hydrogen-bond donors (Lipinski definition) is 1. The Morgan fingerprint density at radius 2 is 2.22 bits per heavy atom. The van der Waals surface area contributed by atoms with Crippen LogP contribution in [0.3, 0.4) is 0 Å². The van der Waals surface area contributed by atoms with E-state index in [1.165, 1.54) is 0 Å². The van der Waals surface area contributed by atoms with Crippen molar-refractivity contribution < 1.29 is 0 Å². The highest BCUT2D eigenvalue weighted by Gasteiger charge is 2.08. The van der Waals surface area contributed by atoms with Gasteiger partial charge in [0.15, 0.2) is 0 Å². The largest absolute Gasteiger partial charge is 0.309 e. The predicted molar refractivity (Wildman–Crippen MR) is 76.0 cm³/mol. The van der Waals surface area contributed by atoms with Crippen LogP contribution in [0.15, 0.2) is 28.9 Å². The Morgan fingerprint density at radius 3 is 2.94 bits per heavy atom. The summed E-state index contributed by atoms with van der Waals surface area (Å²) in [6.07, 6.45) is 1.89. The lowest BCUT2D eigenvalue weighted by Crippen LogP contribution is -2.21. The van der Waals surface area contributed by atoms with Crippen LogP contribution in [-0.2, 0) is 6.54 Å². The highest BCUT2D eigenvalue weighted by molar-refractivity contribution is 9.10. The van der Waals surface area contributed by atoms with Gasteiger partial charge in [0.05, 0.1) is 27.1 Å². The summed E-state index contributed by atoms with van der Waals surface area (Å²) in [5, 5.41) is 12.2. The van der Waals surface area contributed by atoms with Gasteiger partial charge in [-0.2, -0.15) is 0 Å². The summed E-state index contributed by atoms with van der Waals surface area (Å²) in [4.78, 5) is 0. The first-order chi connectivity index (χ1) is 8.58. The number of benzene rings is 1. The molecule has 0 aliphatic heterocycles. The molecule has 0 saturated carbocycles. The van der Waals surface area contributed by atoms with Crippen LogP contribution < -0.4 is 5.32 Å². The molecule has 1 aromatic carbocycles. The van der Waals surface area contributed by atoms with Crippen molar-refractivity contribution in [2.24, 2.45) is 0 Å². The third kappa shape index (κ3) is 3.10. The number of nitrogens with one attached hydrogen (secondary N) is 1. The Labute approximate surface area is 119 Å². The molecule has 0 aliphatic rings. The molecule has 0 bridgehead atoms. The van der Waals surface area contributed by atoms with Crippen LogP contribution in [0.25, 0.3) is 5.69 Å². The summed E-state index contributed by atoms with van der Waals surface area (Å²) >= 11 is 9.50. The fourth-order valence-corrected chi connectivity index (χ4v) is 2.09. The number of nitrogens with zero attached hydrogens (tertiary/aromatic N) is 3. The summed E-state index contributed by atoms with van der Waals surface area (Å²) in [7, 11) is 0. The molecular weight excluding hydrogens is 316 g/mol. The molecule has 2 rings (SSSR count). The average molecular weight is 330 g/mol. The van der Waals surface area contributed by atoms with E-state index in [-0.39, 0.29) is 0 Å². The van der Waals surface area contributed by atoms with Crippen LogP contribution in [0.1, 0.15) is 19.5 Å². The Bertz CT molecular complexity index is 539. The molecule has 18 heavy (non-hydrogen) atoms. The second-order valence-electron chi connectivity index (χ2n) is 4.26. The van der Waals surface area contributed by atoms with E-state index < -0.39 is 0 Å². The van der Waals surface area contributed by atoms with Gasteiger partial charge in [-0.3, -0.25) is 0 Å². The average Bonchev–Trinajstić information content (AvgIpc) is 2.78. The lowest BCUT2D eigenvalue weighted by atomic mass is 10.3. The van der Waals surface area contributed by atoms with Crippen LogP contribution in [0, 0.1) is 0 Å². The zero-order valence-corrected chi connectivity index (χ0v) is 12.5. The molecule has 6 heteroatoms. The molecule has 0 spiro atoms. The summed E-state index contributed by atoms with van der Waals surface area (Å²) in [6, 6.07) is 6.07.